The lowest BCUT2D eigenvalue weighted by molar-refractivity contribution is -0.107. The highest BCUT2D eigenvalue weighted by atomic mass is 32.2. The van der Waals surface area contributed by atoms with Gasteiger partial charge in [0.05, 0.1) is 11.4 Å². The molecule has 0 bridgehead atoms. The molecule has 5 nitrogen and oxygen atoms in total. The van der Waals surface area contributed by atoms with Crippen LogP contribution in [0.1, 0.15) is 5.56 Å². The van der Waals surface area contributed by atoms with E-state index in [0.717, 1.165) is 5.56 Å². The van der Waals surface area contributed by atoms with Gasteiger partial charge in [0.25, 0.3) is 0 Å². The first kappa shape index (κ1) is 16.8. The van der Waals surface area contributed by atoms with Gasteiger partial charge >= 0.3 is 0 Å². The van der Waals surface area contributed by atoms with Gasteiger partial charge in [-0.05, 0) is 19.1 Å². The molecule has 0 aliphatic carbocycles. The fourth-order valence-electron chi connectivity index (χ4n) is 1.69. The first-order valence-electron chi connectivity index (χ1n) is 6.19. The number of benzene rings is 1. The number of sulfonamides is 1. The zero-order valence-corrected chi connectivity index (χ0v) is 12.9. The number of ether oxygens (including phenoxy) is 2. The Morgan fingerprint density at radius 3 is 2.25 bits per heavy atom. The minimum absolute atomic E-state index is 0.106. The van der Waals surface area contributed by atoms with Crippen LogP contribution in [-0.4, -0.2) is 46.3 Å². The molecule has 20 heavy (non-hydrogen) atoms. The predicted molar refractivity (Wildman–Crippen MR) is 77.9 cm³/mol. The van der Waals surface area contributed by atoms with Crippen molar-refractivity contribution in [3.05, 3.63) is 42.5 Å². The van der Waals surface area contributed by atoms with Crippen LogP contribution in [0.5, 0.6) is 0 Å². The third-order valence-electron chi connectivity index (χ3n) is 2.87. The van der Waals surface area contributed by atoms with Gasteiger partial charge in [0.2, 0.25) is 10.0 Å². The number of rotatable bonds is 8. The number of hydrogen-bond donors (Lipinski definition) is 0. The van der Waals surface area contributed by atoms with Gasteiger partial charge in [-0.25, -0.2) is 8.42 Å². The molecule has 6 heteroatoms. The number of methoxy groups -OCH3 is 2. The molecule has 0 aliphatic heterocycles. The van der Waals surface area contributed by atoms with Gasteiger partial charge in [0, 0.05) is 20.8 Å². The Labute approximate surface area is 120 Å². The minimum Gasteiger partial charge on any atom is -0.354 e. The van der Waals surface area contributed by atoms with Crippen molar-refractivity contribution in [2.45, 2.75) is 18.1 Å². The fourth-order valence-corrected chi connectivity index (χ4v) is 3.08. The van der Waals surface area contributed by atoms with Crippen LogP contribution in [0.2, 0.25) is 0 Å². The van der Waals surface area contributed by atoms with Gasteiger partial charge in [0.1, 0.15) is 0 Å². The molecule has 0 atom stereocenters. The van der Waals surface area contributed by atoms with E-state index in [1.165, 1.54) is 24.6 Å². The summed E-state index contributed by atoms with van der Waals surface area (Å²) in [5, 5.41) is 0. The minimum atomic E-state index is -3.59. The largest absolute Gasteiger partial charge is 0.354 e. The Bertz CT molecular complexity index is 521. The number of nitrogens with zero attached hydrogens (tertiary/aromatic N) is 1. The van der Waals surface area contributed by atoms with Crippen molar-refractivity contribution in [1.82, 2.24) is 4.31 Å². The van der Waals surface area contributed by atoms with E-state index in [2.05, 4.69) is 6.58 Å². The molecule has 0 aromatic heterocycles. The van der Waals surface area contributed by atoms with Crippen LogP contribution in [0.3, 0.4) is 0 Å². The van der Waals surface area contributed by atoms with Crippen molar-refractivity contribution in [1.29, 1.82) is 0 Å². The first-order valence-corrected chi connectivity index (χ1v) is 7.63. The normalized spacial score (nSPS) is 12.1. The second-order valence-corrected chi connectivity index (χ2v) is 6.26. The van der Waals surface area contributed by atoms with Crippen LogP contribution < -0.4 is 0 Å². The highest BCUT2D eigenvalue weighted by Crippen LogP contribution is 2.17. The van der Waals surface area contributed by atoms with E-state index in [1.54, 1.807) is 24.3 Å². The molecule has 0 amide bonds. The van der Waals surface area contributed by atoms with Crippen LogP contribution in [0, 0.1) is 6.92 Å². The van der Waals surface area contributed by atoms with Crippen LogP contribution in [0.15, 0.2) is 41.8 Å². The molecule has 0 heterocycles. The van der Waals surface area contributed by atoms with E-state index in [0.29, 0.717) is 0 Å². The van der Waals surface area contributed by atoms with Gasteiger partial charge in [-0.15, -0.1) is 6.58 Å². The summed E-state index contributed by atoms with van der Waals surface area (Å²) in [6, 6.07) is 6.72. The summed E-state index contributed by atoms with van der Waals surface area (Å²) in [4.78, 5) is 0.246. The zero-order chi connectivity index (χ0) is 15.2. The maximum absolute atomic E-state index is 12.6. The molecule has 0 saturated carbocycles. The standard InChI is InChI=1S/C14H21NO4S/c1-5-10-15(11-14(18-3)19-4)20(16,17)13-8-6-12(2)7-9-13/h5-9,14H,1,10-11H2,2-4H3. The Hall–Kier alpha value is -1.21. The lowest BCUT2D eigenvalue weighted by atomic mass is 10.2. The summed E-state index contributed by atoms with van der Waals surface area (Å²) >= 11 is 0. The summed E-state index contributed by atoms with van der Waals surface area (Å²) in [6.45, 7) is 5.80. The summed E-state index contributed by atoms with van der Waals surface area (Å²) < 4.78 is 36.5. The molecule has 0 radical (unpaired) electrons. The molecule has 0 aliphatic rings. The first-order chi connectivity index (χ1) is 9.45. The Morgan fingerprint density at radius 2 is 1.80 bits per heavy atom. The summed E-state index contributed by atoms with van der Waals surface area (Å²) in [5.74, 6) is 0. The van der Waals surface area contributed by atoms with Crippen molar-refractivity contribution in [3.8, 4) is 0 Å². The monoisotopic (exact) mass is 299 g/mol. The molecular formula is C14H21NO4S. The molecule has 0 N–H and O–H groups in total. The van der Waals surface area contributed by atoms with E-state index in [9.17, 15) is 8.42 Å². The van der Waals surface area contributed by atoms with E-state index in [-0.39, 0.29) is 18.0 Å². The molecule has 112 valence electrons. The third kappa shape index (κ3) is 4.14. The highest BCUT2D eigenvalue weighted by molar-refractivity contribution is 7.89. The number of aryl methyl sites for hydroxylation is 1. The van der Waals surface area contributed by atoms with Gasteiger partial charge in [0.15, 0.2) is 6.29 Å². The smallest absolute Gasteiger partial charge is 0.243 e. The van der Waals surface area contributed by atoms with Crippen molar-refractivity contribution >= 4 is 10.0 Å². The predicted octanol–water partition coefficient (Wildman–Crippen LogP) is 1.79. The molecule has 1 aromatic carbocycles. The Morgan fingerprint density at radius 1 is 1.25 bits per heavy atom. The van der Waals surface area contributed by atoms with Crippen LogP contribution in [0.4, 0.5) is 0 Å². The summed E-state index contributed by atoms with van der Waals surface area (Å²) in [6.07, 6.45) is 0.920. The average molecular weight is 299 g/mol. The van der Waals surface area contributed by atoms with Gasteiger partial charge in [-0.2, -0.15) is 4.31 Å². The van der Waals surface area contributed by atoms with E-state index in [4.69, 9.17) is 9.47 Å². The fraction of sp³-hybridized carbons (Fsp3) is 0.429. The second kappa shape index (κ2) is 7.54. The van der Waals surface area contributed by atoms with Crippen LogP contribution >= 0.6 is 0 Å². The number of hydrogen-bond acceptors (Lipinski definition) is 4. The van der Waals surface area contributed by atoms with Crippen molar-refractivity contribution in [2.24, 2.45) is 0 Å². The second-order valence-electron chi connectivity index (χ2n) is 4.32. The Kier molecular flexibility index (Phi) is 6.35. The van der Waals surface area contributed by atoms with Crippen molar-refractivity contribution in [2.75, 3.05) is 27.3 Å². The Balaban J connectivity index is 3.05. The topological polar surface area (TPSA) is 55.8 Å². The van der Waals surface area contributed by atoms with Crippen molar-refractivity contribution in [3.63, 3.8) is 0 Å². The lowest BCUT2D eigenvalue weighted by Crippen LogP contribution is -2.39. The molecule has 0 unspecified atom stereocenters. The quantitative estimate of drug-likeness (QED) is 0.542. The summed E-state index contributed by atoms with van der Waals surface area (Å²) in [5.41, 5.74) is 1.01. The van der Waals surface area contributed by atoms with Crippen LogP contribution in [-0.2, 0) is 19.5 Å². The third-order valence-corrected chi connectivity index (χ3v) is 4.72. The van der Waals surface area contributed by atoms with Crippen LogP contribution in [0.25, 0.3) is 0 Å². The molecule has 1 aromatic rings. The lowest BCUT2D eigenvalue weighted by Gasteiger charge is -2.24. The maximum Gasteiger partial charge on any atom is 0.243 e. The molecular weight excluding hydrogens is 278 g/mol. The van der Waals surface area contributed by atoms with Gasteiger partial charge < -0.3 is 9.47 Å². The molecule has 1 rings (SSSR count). The van der Waals surface area contributed by atoms with E-state index >= 15 is 0 Å². The average Bonchev–Trinajstić information content (AvgIpc) is 2.43. The highest BCUT2D eigenvalue weighted by Gasteiger charge is 2.26. The molecule has 0 saturated heterocycles. The van der Waals surface area contributed by atoms with Gasteiger partial charge in [-0.1, -0.05) is 23.8 Å². The van der Waals surface area contributed by atoms with E-state index in [1.807, 2.05) is 6.92 Å². The maximum atomic E-state index is 12.6. The molecule has 0 spiro atoms. The van der Waals surface area contributed by atoms with Crippen molar-refractivity contribution < 1.29 is 17.9 Å². The molecule has 0 fully saturated rings. The SMILES string of the molecule is C=CCN(CC(OC)OC)S(=O)(=O)c1ccc(C)cc1. The van der Waals surface area contributed by atoms with Gasteiger partial charge in [-0.3, -0.25) is 0 Å². The summed E-state index contributed by atoms with van der Waals surface area (Å²) in [7, 11) is -0.651. The van der Waals surface area contributed by atoms with E-state index < -0.39 is 16.3 Å². The zero-order valence-electron chi connectivity index (χ0n) is 12.1.